The summed E-state index contributed by atoms with van der Waals surface area (Å²) in [5.41, 5.74) is 0. The zero-order valence-corrected chi connectivity index (χ0v) is 16.2. The van der Waals surface area contributed by atoms with E-state index in [4.69, 9.17) is 14.9 Å². The lowest BCUT2D eigenvalue weighted by atomic mass is 10.1. The fraction of sp³-hybridized carbons (Fsp3) is 0.824. The quantitative estimate of drug-likeness (QED) is 0.335. The van der Waals surface area contributed by atoms with Crippen molar-refractivity contribution in [2.75, 3.05) is 46.0 Å². The van der Waals surface area contributed by atoms with Crippen LogP contribution >= 0.6 is 0 Å². The number of aliphatic hydroxyl groups is 2. The SMILES string of the molecule is O=C(NS(=O)(=O)NCCN(CCO)CCO)OCC1[C@H]2CCC#CCC[C@@H]12. The molecule has 0 aromatic rings. The summed E-state index contributed by atoms with van der Waals surface area (Å²) in [7, 11) is -4.02. The van der Waals surface area contributed by atoms with Crippen LogP contribution in [0.5, 0.6) is 0 Å². The van der Waals surface area contributed by atoms with E-state index in [0.717, 1.165) is 25.7 Å². The Morgan fingerprint density at radius 3 is 2.22 bits per heavy atom. The molecule has 0 bridgehead atoms. The Kier molecular flexibility index (Phi) is 8.79. The summed E-state index contributed by atoms with van der Waals surface area (Å²) < 4.78 is 32.9. The molecule has 27 heavy (non-hydrogen) atoms. The number of hydrogen-bond donors (Lipinski definition) is 4. The van der Waals surface area contributed by atoms with Crippen molar-refractivity contribution in [3.8, 4) is 11.8 Å². The molecule has 0 saturated heterocycles. The maximum Gasteiger partial charge on any atom is 0.421 e. The molecule has 0 aromatic carbocycles. The Labute approximate surface area is 160 Å². The first kappa shape index (κ1) is 21.9. The Balaban J connectivity index is 1.65. The summed E-state index contributed by atoms with van der Waals surface area (Å²) in [6.45, 7) is 1.02. The normalized spacial score (nSPS) is 24.2. The van der Waals surface area contributed by atoms with E-state index >= 15 is 0 Å². The first-order valence-electron chi connectivity index (χ1n) is 9.31. The van der Waals surface area contributed by atoms with Gasteiger partial charge in [0, 0.05) is 39.0 Å². The smallest absolute Gasteiger partial charge is 0.421 e. The zero-order valence-electron chi connectivity index (χ0n) is 15.4. The van der Waals surface area contributed by atoms with E-state index < -0.39 is 16.3 Å². The van der Waals surface area contributed by atoms with Gasteiger partial charge in [0.25, 0.3) is 0 Å². The number of aliphatic hydroxyl groups excluding tert-OH is 2. The lowest BCUT2D eigenvalue weighted by Crippen LogP contribution is -2.44. The van der Waals surface area contributed by atoms with Crippen molar-refractivity contribution >= 4 is 16.3 Å². The summed E-state index contributed by atoms with van der Waals surface area (Å²) in [5, 5.41) is 17.8. The van der Waals surface area contributed by atoms with Gasteiger partial charge in [0.05, 0.1) is 19.8 Å². The first-order chi connectivity index (χ1) is 13.0. The summed E-state index contributed by atoms with van der Waals surface area (Å²) in [6, 6.07) is 0. The minimum absolute atomic E-state index is 0.0371. The second kappa shape index (κ2) is 10.8. The minimum atomic E-state index is -4.02. The van der Waals surface area contributed by atoms with Crippen LogP contribution in [0.3, 0.4) is 0 Å². The molecule has 0 heterocycles. The van der Waals surface area contributed by atoms with Crippen molar-refractivity contribution in [3.05, 3.63) is 0 Å². The van der Waals surface area contributed by atoms with Crippen LogP contribution in [0.15, 0.2) is 0 Å². The highest BCUT2D eigenvalue weighted by atomic mass is 32.2. The van der Waals surface area contributed by atoms with E-state index in [9.17, 15) is 13.2 Å². The number of fused-ring (bicyclic) bond motifs is 1. The van der Waals surface area contributed by atoms with E-state index in [1.165, 1.54) is 0 Å². The highest BCUT2D eigenvalue weighted by Crippen LogP contribution is 2.52. The van der Waals surface area contributed by atoms with Gasteiger partial charge in [-0.1, -0.05) is 0 Å². The van der Waals surface area contributed by atoms with E-state index in [1.54, 1.807) is 4.90 Å². The molecule has 4 N–H and O–H groups in total. The molecule has 1 unspecified atom stereocenters. The number of carbonyl (C=O) groups excluding carboxylic acids is 1. The van der Waals surface area contributed by atoms with E-state index in [0.29, 0.717) is 37.4 Å². The van der Waals surface area contributed by atoms with Gasteiger partial charge in [0.1, 0.15) is 0 Å². The number of ether oxygens (including phenoxy) is 1. The number of nitrogens with one attached hydrogen (secondary N) is 2. The molecule has 10 heteroatoms. The summed E-state index contributed by atoms with van der Waals surface area (Å²) in [5.74, 6) is 7.56. The number of hydrogen-bond acceptors (Lipinski definition) is 7. The Morgan fingerprint density at radius 1 is 1.07 bits per heavy atom. The van der Waals surface area contributed by atoms with E-state index in [2.05, 4.69) is 16.6 Å². The maximum atomic E-state index is 11.9. The molecule has 3 atom stereocenters. The molecule has 9 nitrogen and oxygen atoms in total. The van der Waals surface area contributed by atoms with Gasteiger partial charge in [0.2, 0.25) is 0 Å². The van der Waals surface area contributed by atoms with Gasteiger partial charge in [0.15, 0.2) is 0 Å². The Morgan fingerprint density at radius 2 is 1.67 bits per heavy atom. The molecule has 1 amide bonds. The molecular weight excluding hydrogens is 374 g/mol. The van der Waals surface area contributed by atoms with Gasteiger partial charge in [-0.3, -0.25) is 4.90 Å². The number of carbonyl (C=O) groups is 1. The van der Waals surface area contributed by atoms with Crippen LogP contribution in [0.1, 0.15) is 25.7 Å². The number of rotatable bonds is 11. The summed E-state index contributed by atoms with van der Waals surface area (Å²) >= 11 is 0. The lowest BCUT2D eigenvalue weighted by Gasteiger charge is -2.20. The van der Waals surface area contributed by atoms with E-state index in [-0.39, 0.29) is 26.4 Å². The Hall–Kier alpha value is -1.38. The van der Waals surface area contributed by atoms with Crippen molar-refractivity contribution in [1.82, 2.24) is 14.3 Å². The largest absolute Gasteiger partial charge is 0.449 e. The molecule has 0 spiro atoms. The molecular formula is C17H29N3O6S. The fourth-order valence-electron chi connectivity index (χ4n) is 3.59. The van der Waals surface area contributed by atoms with Gasteiger partial charge in [-0.05, 0) is 30.6 Å². The molecule has 154 valence electrons. The third-order valence-electron chi connectivity index (χ3n) is 5.02. The van der Waals surface area contributed by atoms with Gasteiger partial charge in [-0.2, -0.15) is 13.1 Å². The molecule has 0 radical (unpaired) electrons. The van der Waals surface area contributed by atoms with Crippen LogP contribution in [0.25, 0.3) is 0 Å². The molecule has 2 aliphatic rings. The second-order valence-corrected chi connectivity index (χ2v) is 8.31. The van der Waals surface area contributed by atoms with Crippen LogP contribution < -0.4 is 9.44 Å². The number of amides is 1. The monoisotopic (exact) mass is 403 g/mol. The average molecular weight is 404 g/mol. The van der Waals surface area contributed by atoms with Gasteiger partial charge in [-0.15, -0.1) is 11.8 Å². The van der Waals surface area contributed by atoms with Crippen molar-refractivity contribution in [1.29, 1.82) is 0 Å². The van der Waals surface area contributed by atoms with Crippen molar-refractivity contribution in [2.24, 2.45) is 17.8 Å². The average Bonchev–Trinajstić information content (AvgIpc) is 3.22. The van der Waals surface area contributed by atoms with Gasteiger partial charge < -0.3 is 14.9 Å². The lowest BCUT2D eigenvalue weighted by molar-refractivity contribution is 0.143. The summed E-state index contributed by atoms with van der Waals surface area (Å²) in [4.78, 5) is 13.5. The third-order valence-corrected chi connectivity index (χ3v) is 6.04. The maximum absolute atomic E-state index is 11.9. The minimum Gasteiger partial charge on any atom is -0.449 e. The number of nitrogens with zero attached hydrogens (tertiary/aromatic N) is 1. The Bertz CT molecular complexity index is 621. The van der Waals surface area contributed by atoms with Gasteiger partial charge in [-0.25, -0.2) is 9.52 Å². The summed E-state index contributed by atoms with van der Waals surface area (Å²) in [6.07, 6.45) is 2.76. The highest BCUT2D eigenvalue weighted by Gasteiger charge is 2.49. The van der Waals surface area contributed by atoms with Crippen LogP contribution in [0.2, 0.25) is 0 Å². The van der Waals surface area contributed by atoms with Crippen LogP contribution in [-0.2, 0) is 14.9 Å². The molecule has 0 aliphatic heterocycles. The van der Waals surface area contributed by atoms with Crippen molar-refractivity contribution in [2.45, 2.75) is 25.7 Å². The molecule has 1 saturated carbocycles. The van der Waals surface area contributed by atoms with Crippen LogP contribution in [0.4, 0.5) is 4.79 Å². The first-order valence-corrected chi connectivity index (χ1v) is 10.8. The molecule has 0 aromatic heterocycles. The zero-order chi connectivity index (χ0) is 19.7. The van der Waals surface area contributed by atoms with Crippen molar-refractivity contribution < 1.29 is 28.2 Å². The molecule has 2 rings (SSSR count). The second-order valence-electron chi connectivity index (χ2n) is 6.81. The standard InChI is InChI=1S/C17H29N3O6S/c21-11-9-20(10-12-22)8-7-18-27(24,25)19-17(23)26-13-16-14-5-3-1-2-4-6-15(14)16/h14-16,18,21-22H,3-13H2,(H,19,23)/t14-,15+,16?. The van der Waals surface area contributed by atoms with Gasteiger partial charge >= 0.3 is 16.3 Å². The van der Waals surface area contributed by atoms with Crippen LogP contribution in [0, 0.1) is 29.6 Å². The van der Waals surface area contributed by atoms with E-state index in [1.807, 2.05) is 4.72 Å². The van der Waals surface area contributed by atoms with Crippen LogP contribution in [-0.4, -0.2) is 75.6 Å². The third kappa shape index (κ3) is 7.63. The predicted octanol–water partition coefficient (Wildman–Crippen LogP) is -0.727. The predicted molar refractivity (Wildman–Crippen MR) is 98.7 cm³/mol. The topological polar surface area (TPSA) is 128 Å². The molecule has 2 aliphatic carbocycles. The fourth-order valence-corrected chi connectivity index (χ4v) is 4.30. The van der Waals surface area contributed by atoms with Crippen molar-refractivity contribution in [3.63, 3.8) is 0 Å². The highest BCUT2D eigenvalue weighted by molar-refractivity contribution is 7.88. The molecule has 1 fully saturated rings.